The zero-order chi connectivity index (χ0) is 7.90. The summed E-state index contributed by atoms with van der Waals surface area (Å²) in [6.45, 7) is 4.54. The summed E-state index contributed by atoms with van der Waals surface area (Å²) >= 11 is 0. The van der Waals surface area contributed by atoms with Crippen LogP contribution >= 0.6 is 0 Å². The third-order valence-corrected chi connectivity index (χ3v) is 2.55. The summed E-state index contributed by atoms with van der Waals surface area (Å²) in [5, 5.41) is 0. The first kappa shape index (κ1) is 6.84. The standard InChI is InChI=1S/C10H13N/c1-10(2)6-5-8-4-3-7-11-9(8)10/h3-4,7H,5-6H2,1-2H3. The molecule has 0 fully saturated rings. The lowest BCUT2D eigenvalue weighted by Crippen LogP contribution is -2.13. The van der Waals surface area contributed by atoms with Crippen LogP contribution in [0, 0.1) is 0 Å². The van der Waals surface area contributed by atoms with E-state index in [0.29, 0.717) is 5.41 Å². The van der Waals surface area contributed by atoms with Crippen LogP contribution in [-0.4, -0.2) is 4.98 Å². The van der Waals surface area contributed by atoms with Gasteiger partial charge in [0.2, 0.25) is 0 Å². The number of fused-ring (bicyclic) bond motifs is 1. The summed E-state index contributed by atoms with van der Waals surface area (Å²) in [6.07, 6.45) is 4.35. The average molecular weight is 147 g/mol. The number of hydrogen-bond donors (Lipinski definition) is 0. The monoisotopic (exact) mass is 147 g/mol. The van der Waals surface area contributed by atoms with Gasteiger partial charge in [-0.3, -0.25) is 4.98 Å². The van der Waals surface area contributed by atoms with Crippen LogP contribution in [0.4, 0.5) is 0 Å². The van der Waals surface area contributed by atoms with Crippen molar-refractivity contribution in [1.29, 1.82) is 0 Å². The summed E-state index contributed by atoms with van der Waals surface area (Å²) in [7, 11) is 0. The predicted octanol–water partition coefficient (Wildman–Crippen LogP) is 2.31. The molecule has 11 heavy (non-hydrogen) atoms. The maximum Gasteiger partial charge on any atom is 0.0491 e. The van der Waals surface area contributed by atoms with Gasteiger partial charge in [0.15, 0.2) is 0 Å². The minimum absolute atomic E-state index is 0.316. The van der Waals surface area contributed by atoms with E-state index in [4.69, 9.17) is 0 Å². The molecule has 0 amide bonds. The number of pyridine rings is 1. The lowest BCUT2D eigenvalue weighted by molar-refractivity contribution is 0.509. The van der Waals surface area contributed by atoms with Crippen LogP contribution in [0.5, 0.6) is 0 Å². The highest BCUT2D eigenvalue weighted by molar-refractivity contribution is 5.31. The topological polar surface area (TPSA) is 12.9 Å². The van der Waals surface area contributed by atoms with Crippen molar-refractivity contribution in [1.82, 2.24) is 4.98 Å². The molecule has 0 bridgehead atoms. The van der Waals surface area contributed by atoms with E-state index >= 15 is 0 Å². The number of nitrogens with zero attached hydrogens (tertiary/aromatic N) is 1. The van der Waals surface area contributed by atoms with Crippen LogP contribution < -0.4 is 0 Å². The molecule has 0 N–H and O–H groups in total. The van der Waals surface area contributed by atoms with Crippen molar-refractivity contribution in [2.75, 3.05) is 0 Å². The molecule has 0 aromatic carbocycles. The quantitative estimate of drug-likeness (QED) is 0.548. The molecule has 0 aliphatic heterocycles. The van der Waals surface area contributed by atoms with Gasteiger partial charge in [-0.2, -0.15) is 0 Å². The molecule has 0 atom stereocenters. The van der Waals surface area contributed by atoms with Crippen molar-refractivity contribution in [3.8, 4) is 0 Å². The highest BCUT2D eigenvalue weighted by Gasteiger charge is 2.30. The Morgan fingerprint density at radius 1 is 1.45 bits per heavy atom. The molecule has 0 saturated heterocycles. The molecular formula is C10H13N. The van der Waals surface area contributed by atoms with E-state index in [9.17, 15) is 0 Å². The molecular weight excluding hydrogens is 134 g/mol. The smallest absolute Gasteiger partial charge is 0.0491 e. The Balaban J connectivity index is 2.56. The Hall–Kier alpha value is -0.850. The van der Waals surface area contributed by atoms with E-state index in [1.54, 1.807) is 0 Å². The summed E-state index contributed by atoms with van der Waals surface area (Å²) in [5.41, 5.74) is 3.06. The first-order chi connectivity index (χ1) is 5.20. The Kier molecular flexibility index (Phi) is 1.28. The van der Waals surface area contributed by atoms with Crippen molar-refractivity contribution in [3.05, 3.63) is 29.6 Å². The van der Waals surface area contributed by atoms with Crippen molar-refractivity contribution < 1.29 is 0 Å². The van der Waals surface area contributed by atoms with Gasteiger partial charge < -0.3 is 0 Å². The van der Waals surface area contributed by atoms with Gasteiger partial charge in [-0.15, -0.1) is 0 Å². The van der Waals surface area contributed by atoms with E-state index in [1.165, 1.54) is 24.1 Å². The molecule has 58 valence electrons. The van der Waals surface area contributed by atoms with Crippen LogP contribution in [0.25, 0.3) is 0 Å². The van der Waals surface area contributed by atoms with Gasteiger partial charge in [0.1, 0.15) is 0 Å². The largest absolute Gasteiger partial charge is 0.260 e. The van der Waals surface area contributed by atoms with Gasteiger partial charge in [0.05, 0.1) is 0 Å². The highest BCUT2D eigenvalue weighted by atomic mass is 14.7. The van der Waals surface area contributed by atoms with E-state index in [-0.39, 0.29) is 0 Å². The van der Waals surface area contributed by atoms with E-state index in [0.717, 1.165) is 0 Å². The molecule has 1 aliphatic carbocycles. The van der Waals surface area contributed by atoms with Gasteiger partial charge in [-0.1, -0.05) is 19.9 Å². The summed E-state index contributed by atoms with van der Waals surface area (Å²) in [4.78, 5) is 4.41. The maximum atomic E-state index is 4.41. The third kappa shape index (κ3) is 0.953. The van der Waals surface area contributed by atoms with Crippen LogP contribution in [0.2, 0.25) is 0 Å². The molecule has 2 rings (SSSR count). The second kappa shape index (κ2) is 2.07. The fraction of sp³-hybridized carbons (Fsp3) is 0.500. The van der Waals surface area contributed by atoms with Crippen molar-refractivity contribution in [2.45, 2.75) is 32.1 Å². The zero-order valence-corrected chi connectivity index (χ0v) is 7.09. The fourth-order valence-electron chi connectivity index (χ4n) is 1.82. The molecule has 0 unspecified atom stereocenters. The Morgan fingerprint density at radius 2 is 2.27 bits per heavy atom. The Bertz CT molecular complexity index is 276. The lowest BCUT2D eigenvalue weighted by atomic mass is 9.91. The molecule has 1 heterocycles. The molecule has 0 spiro atoms. The number of rotatable bonds is 0. The second-order valence-electron chi connectivity index (χ2n) is 3.90. The first-order valence-corrected chi connectivity index (χ1v) is 4.14. The van der Waals surface area contributed by atoms with Gasteiger partial charge in [0.25, 0.3) is 0 Å². The molecule has 1 aromatic heterocycles. The molecule has 1 nitrogen and oxygen atoms in total. The van der Waals surface area contributed by atoms with Crippen LogP contribution in [0.3, 0.4) is 0 Å². The predicted molar refractivity (Wildman–Crippen MR) is 45.6 cm³/mol. The van der Waals surface area contributed by atoms with Crippen LogP contribution in [-0.2, 0) is 11.8 Å². The third-order valence-electron chi connectivity index (χ3n) is 2.55. The van der Waals surface area contributed by atoms with Gasteiger partial charge in [-0.05, 0) is 24.5 Å². The van der Waals surface area contributed by atoms with Crippen LogP contribution in [0.15, 0.2) is 18.3 Å². The van der Waals surface area contributed by atoms with Gasteiger partial charge >= 0.3 is 0 Å². The number of aromatic nitrogens is 1. The minimum Gasteiger partial charge on any atom is -0.260 e. The molecule has 1 heteroatoms. The first-order valence-electron chi connectivity index (χ1n) is 4.14. The minimum atomic E-state index is 0.316. The van der Waals surface area contributed by atoms with Crippen molar-refractivity contribution >= 4 is 0 Å². The molecule has 1 aliphatic rings. The van der Waals surface area contributed by atoms with Gasteiger partial charge in [0, 0.05) is 17.3 Å². The lowest BCUT2D eigenvalue weighted by Gasteiger charge is -2.16. The highest BCUT2D eigenvalue weighted by Crippen LogP contribution is 2.35. The normalized spacial score (nSPS) is 19.8. The molecule has 0 radical (unpaired) electrons. The number of hydrogen-bond acceptors (Lipinski definition) is 1. The summed E-state index contributed by atoms with van der Waals surface area (Å²) < 4.78 is 0. The van der Waals surface area contributed by atoms with E-state index in [1.807, 2.05) is 12.3 Å². The maximum absolute atomic E-state index is 4.41. The second-order valence-corrected chi connectivity index (χ2v) is 3.90. The van der Waals surface area contributed by atoms with Gasteiger partial charge in [-0.25, -0.2) is 0 Å². The molecule has 1 aromatic rings. The zero-order valence-electron chi connectivity index (χ0n) is 7.09. The van der Waals surface area contributed by atoms with Crippen molar-refractivity contribution in [3.63, 3.8) is 0 Å². The van der Waals surface area contributed by atoms with E-state index < -0.39 is 0 Å². The van der Waals surface area contributed by atoms with E-state index in [2.05, 4.69) is 24.9 Å². The van der Waals surface area contributed by atoms with Crippen LogP contribution in [0.1, 0.15) is 31.5 Å². The number of aryl methyl sites for hydroxylation is 1. The summed E-state index contributed by atoms with van der Waals surface area (Å²) in [6, 6.07) is 4.22. The van der Waals surface area contributed by atoms with Crippen molar-refractivity contribution in [2.24, 2.45) is 0 Å². The Labute approximate surface area is 67.5 Å². The average Bonchev–Trinajstić information content (AvgIpc) is 2.29. The molecule has 0 saturated carbocycles. The SMILES string of the molecule is CC1(C)CCc2cccnc21. The Morgan fingerprint density at radius 3 is 3.00 bits per heavy atom. The summed E-state index contributed by atoms with van der Waals surface area (Å²) in [5.74, 6) is 0. The fourth-order valence-corrected chi connectivity index (χ4v) is 1.82.